The zero-order valence-corrected chi connectivity index (χ0v) is 14.0. The summed E-state index contributed by atoms with van der Waals surface area (Å²) in [4.78, 5) is 4.54. The van der Waals surface area contributed by atoms with Crippen LogP contribution >= 0.6 is 11.3 Å². The highest BCUT2D eigenvalue weighted by Gasteiger charge is 2.23. The van der Waals surface area contributed by atoms with E-state index in [0.29, 0.717) is 10.8 Å². The average Bonchev–Trinajstić information content (AvgIpc) is 2.91. The lowest BCUT2D eigenvalue weighted by Crippen LogP contribution is -2.29. The van der Waals surface area contributed by atoms with E-state index in [9.17, 15) is 8.42 Å². The first kappa shape index (κ1) is 16.1. The van der Waals surface area contributed by atoms with Crippen molar-refractivity contribution < 1.29 is 8.42 Å². The fraction of sp³-hybridized carbons (Fsp3) is 0.400. The number of hydrogen-bond acceptors (Lipinski definition) is 4. The van der Waals surface area contributed by atoms with Crippen molar-refractivity contribution in [1.82, 2.24) is 9.71 Å². The molecule has 2 rings (SSSR count). The predicted octanol–water partition coefficient (Wildman–Crippen LogP) is 3.52. The maximum Gasteiger partial charge on any atom is 0.241 e. The summed E-state index contributed by atoms with van der Waals surface area (Å²) in [5.74, 6) is 0.375. The molecule has 1 N–H and O–H groups in total. The lowest BCUT2D eigenvalue weighted by atomic mass is 10.1. The number of sulfonamides is 1. The Kier molecular flexibility index (Phi) is 5.13. The molecule has 114 valence electrons. The largest absolute Gasteiger partial charge is 0.248 e. The normalized spacial score (nSPS) is 13.5. The zero-order chi connectivity index (χ0) is 15.5. The first-order chi connectivity index (χ1) is 9.88. The van der Waals surface area contributed by atoms with E-state index in [1.54, 1.807) is 30.5 Å². The third-order valence-electron chi connectivity index (χ3n) is 3.09. The minimum Gasteiger partial charge on any atom is -0.248 e. The van der Waals surface area contributed by atoms with Crippen LogP contribution in [-0.4, -0.2) is 13.4 Å². The Labute approximate surface area is 130 Å². The highest BCUT2D eigenvalue weighted by Crippen LogP contribution is 2.25. The van der Waals surface area contributed by atoms with Crippen LogP contribution < -0.4 is 4.72 Å². The van der Waals surface area contributed by atoms with Crippen LogP contribution in [0, 0.1) is 12.8 Å². The number of nitrogens with one attached hydrogen (secondary N) is 1. The molecule has 0 amide bonds. The average molecular weight is 324 g/mol. The van der Waals surface area contributed by atoms with Gasteiger partial charge >= 0.3 is 0 Å². The number of aromatic nitrogens is 1. The van der Waals surface area contributed by atoms with E-state index in [2.05, 4.69) is 23.6 Å². The summed E-state index contributed by atoms with van der Waals surface area (Å²) >= 11 is 1.47. The van der Waals surface area contributed by atoms with Crippen molar-refractivity contribution >= 4 is 21.4 Å². The van der Waals surface area contributed by atoms with Crippen LogP contribution in [0.3, 0.4) is 0 Å². The van der Waals surface area contributed by atoms with Crippen LogP contribution in [-0.2, 0) is 10.0 Å². The third-order valence-corrected chi connectivity index (χ3v) is 5.46. The Hall–Kier alpha value is -1.24. The van der Waals surface area contributed by atoms with Gasteiger partial charge in [0.25, 0.3) is 0 Å². The molecule has 1 heterocycles. The maximum atomic E-state index is 12.5. The zero-order valence-electron chi connectivity index (χ0n) is 12.4. The summed E-state index contributed by atoms with van der Waals surface area (Å²) < 4.78 is 27.8. The highest BCUT2D eigenvalue weighted by atomic mass is 32.2. The van der Waals surface area contributed by atoms with Gasteiger partial charge in [-0.25, -0.2) is 18.1 Å². The lowest BCUT2D eigenvalue weighted by Gasteiger charge is -2.18. The molecule has 0 spiro atoms. The molecule has 1 aromatic carbocycles. The van der Waals surface area contributed by atoms with E-state index in [1.807, 2.05) is 12.3 Å². The van der Waals surface area contributed by atoms with Gasteiger partial charge in [-0.3, -0.25) is 0 Å². The predicted molar refractivity (Wildman–Crippen MR) is 85.8 cm³/mol. The van der Waals surface area contributed by atoms with Crippen molar-refractivity contribution in [3.05, 3.63) is 46.4 Å². The number of hydrogen-bond donors (Lipinski definition) is 1. The van der Waals surface area contributed by atoms with Gasteiger partial charge in [-0.15, -0.1) is 11.3 Å². The summed E-state index contributed by atoms with van der Waals surface area (Å²) in [6.07, 6.45) is 2.42. The van der Waals surface area contributed by atoms with Gasteiger partial charge in [0.05, 0.1) is 10.9 Å². The van der Waals surface area contributed by atoms with Crippen molar-refractivity contribution in [3.63, 3.8) is 0 Å². The second-order valence-electron chi connectivity index (χ2n) is 5.49. The van der Waals surface area contributed by atoms with Crippen molar-refractivity contribution in [2.24, 2.45) is 5.92 Å². The van der Waals surface area contributed by atoms with Crippen LogP contribution in [0.15, 0.2) is 40.7 Å². The lowest BCUT2D eigenvalue weighted by molar-refractivity contribution is 0.470. The molecule has 0 bridgehead atoms. The van der Waals surface area contributed by atoms with E-state index in [1.165, 1.54) is 11.3 Å². The Bertz CT molecular complexity index is 662. The minimum atomic E-state index is -3.53. The molecule has 0 fully saturated rings. The molecule has 0 aliphatic carbocycles. The molecule has 6 heteroatoms. The standard InChI is InChI=1S/C15H20N2O2S2/c1-11(2)10-14(15-16-8-9-20-15)17-21(18,19)13-6-4-12(3)5-7-13/h4-9,11,14,17H,10H2,1-3H3. The molecule has 0 saturated carbocycles. The molecule has 0 aliphatic rings. The fourth-order valence-electron chi connectivity index (χ4n) is 2.05. The molecule has 0 saturated heterocycles. The van der Waals surface area contributed by atoms with Crippen LogP contribution in [0.5, 0.6) is 0 Å². The number of thiazole rings is 1. The number of aryl methyl sites for hydroxylation is 1. The maximum absolute atomic E-state index is 12.5. The first-order valence-electron chi connectivity index (χ1n) is 6.87. The van der Waals surface area contributed by atoms with Gasteiger partial charge in [0.2, 0.25) is 10.0 Å². The third kappa shape index (κ3) is 4.36. The van der Waals surface area contributed by atoms with Crippen LogP contribution in [0.1, 0.15) is 36.9 Å². The Morgan fingerprint density at radius 2 is 1.90 bits per heavy atom. The van der Waals surface area contributed by atoms with E-state index < -0.39 is 10.0 Å². The number of nitrogens with zero attached hydrogens (tertiary/aromatic N) is 1. The highest BCUT2D eigenvalue weighted by molar-refractivity contribution is 7.89. The van der Waals surface area contributed by atoms with E-state index in [4.69, 9.17) is 0 Å². The Morgan fingerprint density at radius 3 is 2.43 bits per heavy atom. The molecule has 1 atom stereocenters. The summed E-state index contributed by atoms with van der Waals surface area (Å²) in [7, 11) is -3.53. The monoisotopic (exact) mass is 324 g/mol. The van der Waals surface area contributed by atoms with Crippen molar-refractivity contribution in [1.29, 1.82) is 0 Å². The first-order valence-corrected chi connectivity index (χ1v) is 9.23. The minimum absolute atomic E-state index is 0.281. The van der Waals surface area contributed by atoms with Gasteiger partial charge in [0.1, 0.15) is 5.01 Å². The number of rotatable bonds is 6. The van der Waals surface area contributed by atoms with Gasteiger partial charge in [-0.2, -0.15) is 0 Å². The van der Waals surface area contributed by atoms with Gasteiger partial charge in [-0.1, -0.05) is 31.5 Å². The topological polar surface area (TPSA) is 59.1 Å². The Morgan fingerprint density at radius 1 is 1.24 bits per heavy atom. The quantitative estimate of drug-likeness (QED) is 0.884. The van der Waals surface area contributed by atoms with Crippen molar-refractivity contribution in [3.8, 4) is 0 Å². The smallest absolute Gasteiger partial charge is 0.241 e. The molecule has 4 nitrogen and oxygen atoms in total. The fourth-order valence-corrected chi connectivity index (χ4v) is 4.04. The van der Waals surface area contributed by atoms with Gasteiger partial charge in [-0.05, 0) is 31.4 Å². The molecule has 0 radical (unpaired) electrons. The van der Waals surface area contributed by atoms with Crippen LogP contribution in [0.25, 0.3) is 0 Å². The molecular weight excluding hydrogens is 304 g/mol. The van der Waals surface area contributed by atoms with E-state index in [-0.39, 0.29) is 6.04 Å². The van der Waals surface area contributed by atoms with Crippen LogP contribution in [0.2, 0.25) is 0 Å². The SMILES string of the molecule is Cc1ccc(S(=O)(=O)NC(CC(C)C)c2nccs2)cc1. The second-order valence-corrected chi connectivity index (χ2v) is 8.13. The van der Waals surface area contributed by atoms with Gasteiger partial charge in [0.15, 0.2) is 0 Å². The molecule has 1 aromatic heterocycles. The summed E-state index contributed by atoms with van der Waals surface area (Å²) in [5, 5.41) is 2.67. The molecule has 1 unspecified atom stereocenters. The molecular formula is C15H20N2O2S2. The van der Waals surface area contributed by atoms with Gasteiger partial charge < -0.3 is 0 Å². The number of benzene rings is 1. The summed E-state index contributed by atoms with van der Waals surface area (Å²) in [6, 6.07) is 6.58. The molecule has 21 heavy (non-hydrogen) atoms. The summed E-state index contributed by atoms with van der Waals surface area (Å²) in [6.45, 7) is 6.07. The summed E-state index contributed by atoms with van der Waals surface area (Å²) in [5.41, 5.74) is 1.03. The molecule has 0 aliphatic heterocycles. The molecule has 2 aromatic rings. The van der Waals surface area contributed by atoms with Gasteiger partial charge in [0, 0.05) is 11.6 Å². The van der Waals surface area contributed by atoms with E-state index >= 15 is 0 Å². The van der Waals surface area contributed by atoms with Crippen molar-refractivity contribution in [2.45, 2.75) is 38.1 Å². The van der Waals surface area contributed by atoms with E-state index in [0.717, 1.165) is 17.0 Å². The van der Waals surface area contributed by atoms with Crippen LogP contribution in [0.4, 0.5) is 0 Å². The van der Waals surface area contributed by atoms with Crippen molar-refractivity contribution in [2.75, 3.05) is 0 Å². The Balaban J connectivity index is 2.24. The second kappa shape index (κ2) is 6.68.